The van der Waals surface area contributed by atoms with Crippen molar-refractivity contribution in [3.8, 4) is 0 Å². The first-order chi connectivity index (χ1) is 6.00. The molecular weight excluding hydrogens is 166 g/mol. The number of nitrogens with two attached hydrogens (primary N) is 1. The van der Waals surface area contributed by atoms with Gasteiger partial charge in [0, 0.05) is 18.3 Å². The summed E-state index contributed by atoms with van der Waals surface area (Å²) < 4.78 is 1.75. The minimum absolute atomic E-state index is 0.221. The molecule has 0 aliphatic carbocycles. The Labute approximate surface area is 77.7 Å². The van der Waals surface area contributed by atoms with E-state index in [1.165, 1.54) is 0 Å². The van der Waals surface area contributed by atoms with Crippen LogP contribution in [-0.2, 0) is 6.54 Å². The second-order valence-electron chi connectivity index (χ2n) is 3.50. The summed E-state index contributed by atoms with van der Waals surface area (Å²) in [5, 5.41) is 4.04. The highest BCUT2D eigenvalue weighted by Gasteiger charge is 2.09. The maximum atomic E-state index is 10.8. The second kappa shape index (κ2) is 3.60. The van der Waals surface area contributed by atoms with Gasteiger partial charge in [0.25, 0.3) is 5.91 Å². The molecule has 0 aliphatic rings. The number of amides is 1. The number of hydrogen-bond acceptors (Lipinski definition) is 2. The summed E-state index contributed by atoms with van der Waals surface area (Å²) in [7, 11) is 0. The molecule has 1 rings (SSSR count). The van der Waals surface area contributed by atoms with Gasteiger partial charge in [0.1, 0.15) is 0 Å². The molecule has 0 atom stereocenters. The van der Waals surface area contributed by atoms with Crippen molar-refractivity contribution in [2.24, 2.45) is 11.7 Å². The molecule has 0 fully saturated rings. The van der Waals surface area contributed by atoms with Crippen LogP contribution in [0.15, 0.2) is 0 Å². The Bertz CT molecular complexity index is 315. The van der Waals surface area contributed by atoms with E-state index >= 15 is 0 Å². The van der Waals surface area contributed by atoms with Gasteiger partial charge in [0.15, 0.2) is 5.69 Å². The summed E-state index contributed by atoms with van der Waals surface area (Å²) in [6, 6.07) is 2.83. The van der Waals surface area contributed by atoms with Crippen molar-refractivity contribution in [3.63, 3.8) is 0 Å². The predicted octanol–water partition coefficient (Wildman–Crippen LogP) is 0.747. The van der Waals surface area contributed by atoms with Gasteiger partial charge in [0.05, 0.1) is 0 Å². The lowest BCUT2D eigenvalue weighted by atomic mass is 10.2. The minimum atomic E-state index is -0.523. The molecule has 0 saturated heterocycles. The van der Waals surface area contributed by atoms with E-state index in [2.05, 4.69) is 25.0 Å². The monoisotopic (exact) mass is 180 g/mol. The zero-order chi connectivity index (χ0) is 10.0. The van der Waals surface area contributed by atoms with Crippen LogP contribution in [0.1, 0.15) is 30.0 Å². The van der Waals surface area contributed by atoms with Crippen LogP contribution in [0.5, 0.6) is 0 Å². The average molecular weight is 180 g/mol. The van der Waals surface area contributed by atoms with Crippen LogP contribution in [0, 0.1) is 18.9 Å². The Morgan fingerprint density at radius 1 is 1.69 bits per heavy atom. The number of nitrogens with zero attached hydrogens (tertiary/aromatic N) is 2. The fourth-order valence-corrected chi connectivity index (χ4v) is 1.09. The number of carbonyl (C=O) groups excluding carboxylic acids is 1. The highest BCUT2D eigenvalue weighted by Crippen LogP contribution is 2.05. The number of hydrogen-bond donors (Lipinski definition) is 1. The van der Waals surface area contributed by atoms with Crippen molar-refractivity contribution in [1.29, 1.82) is 0 Å². The molecule has 1 amide bonds. The summed E-state index contributed by atoms with van der Waals surface area (Å²) in [6.45, 7) is 6.83. The third-order valence-electron chi connectivity index (χ3n) is 1.68. The smallest absolute Gasteiger partial charge is 0.269 e. The number of primary amides is 1. The van der Waals surface area contributed by atoms with Crippen molar-refractivity contribution in [2.45, 2.75) is 27.3 Å². The second-order valence-corrected chi connectivity index (χ2v) is 3.50. The van der Waals surface area contributed by atoms with E-state index in [1.807, 2.05) is 6.92 Å². The van der Waals surface area contributed by atoms with Gasteiger partial charge in [-0.1, -0.05) is 13.8 Å². The fourth-order valence-electron chi connectivity index (χ4n) is 1.09. The lowest BCUT2D eigenvalue weighted by molar-refractivity contribution is 0.0994. The normalized spacial score (nSPS) is 10.8. The van der Waals surface area contributed by atoms with E-state index in [-0.39, 0.29) is 5.69 Å². The summed E-state index contributed by atoms with van der Waals surface area (Å²) in [4.78, 5) is 10.8. The molecule has 0 aromatic carbocycles. The van der Waals surface area contributed by atoms with Gasteiger partial charge in [-0.15, -0.1) is 0 Å². The summed E-state index contributed by atoms with van der Waals surface area (Å²) in [5.74, 6) is -0.0293. The number of aryl methyl sites for hydroxylation is 1. The van der Waals surface area contributed by atoms with Crippen molar-refractivity contribution in [3.05, 3.63) is 17.5 Å². The first-order valence-corrected chi connectivity index (χ1v) is 4.27. The Kier molecular flexibility index (Phi) is 2.70. The highest BCUT2D eigenvalue weighted by atomic mass is 16.1. The summed E-state index contributed by atoms with van der Waals surface area (Å²) >= 11 is 0. The molecular formula is C9H14N3O. The van der Waals surface area contributed by atoms with Crippen molar-refractivity contribution in [2.75, 3.05) is 0 Å². The number of rotatable bonds is 3. The number of carbonyl (C=O) groups is 1. The first-order valence-electron chi connectivity index (χ1n) is 4.27. The molecule has 1 heterocycles. The lowest BCUT2D eigenvalue weighted by Crippen LogP contribution is -2.13. The van der Waals surface area contributed by atoms with Gasteiger partial charge in [-0.2, -0.15) is 5.10 Å². The highest BCUT2D eigenvalue weighted by molar-refractivity contribution is 5.90. The van der Waals surface area contributed by atoms with Gasteiger partial charge < -0.3 is 5.73 Å². The quantitative estimate of drug-likeness (QED) is 0.746. The molecule has 0 unspecified atom stereocenters. The summed E-state index contributed by atoms with van der Waals surface area (Å²) in [6.07, 6.45) is 0. The lowest BCUT2D eigenvalue weighted by Gasteiger charge is -2.05. The first kappa shape index (κ1) is 9.77. The van der Waals surface area contributed by atoms with Gasteiger partial charge in [-0.3, -0.25) is 9.48 Å². The Morgan fingerprint density at radius 2 is 2.31 bits per heavy atom. The van der Waals surface area contributed by atoms with Crippen LogP contribution < -0.4 is 5.73 Å². The maximum absolute atomic E-state index is 10.8. The van der Waals surface area contributed by atoms with Crippen LogP contribution in [0.4, 0.5) is 0 Å². The van der Waals surface area contributed by atoms with Crippen molar-refractivity contribution >= 4 is 5.91 Å². The van der Waals surface area contributed by atoms with Gasteiger partial charge in [-0.25, -0.2) is 0 Å². The van der Waals surface area contributed by atoms with Crippen LogP contribution in [0.2, 0.25) is 0 Å². The number of aromatic nitrogens is 2. The maximum Gasteiger partial charge on any atom is 0.269 e. The molecule has 1 aromatic rings. The van der Waals surface area contributed by atoms with E-state index < -0.39 is 5.91 Å². The topological polar surface area (TPSA) is 60.9 Å². The van der Waals surface area contributed by atoms with E-state index in [0.29, 0.717) is 5.92 Å². The van der Waals surface area contributed by atoms with Gasteiger partial charge in [-0.05, 0) is 12.8 Å². The molecule has 4 heteroatoms. The fraction of sp³-hybridized carbons (Fsp3) is 0.556. The van der Waals surface area contributed by atoms with E-state index in [1.54, 1.807) is 4.68 Å². The van der Waals surface area contributed by atoms with E-state index in [9.17, 15) is 4.79 Å². The Morgan fingerprint density at radius 3 is 2.69 bits per heavy atom. The zero-order valence-electron chi connectivity index (χ0n) is 8.16. The average Bonchev–Trinajstić information content (AvgIpc) is 2.31. The van der Waals surface area contributed by atoms with Crippen molar-refractivity contribution < 1.29 is 4.79 Å². The zero-order valence-corrected chi connectivity index (χ0v) is 8.16. The summed E-state index contributed by atoms with van der Waals surface area (Å²) in [5.41, 5.74) is 6.15. The van der Waals surface area contributed by atoms with E-state index in [0.717, 1.165) is 12.2 Å². The molecule has 1 radical (unpaired) electrons. The largest absolute Gasteiger partial charge is 0.364 e. The third-order valence-corrected chi connectivity index (χ3v) is 1.68. The molecule has 71 valence electrons. The minimum Gasteiger partial charge on any atom is -0.364 e. The van der Waals surface area contributed by atoms with Gasteiger partial charge in [0.2, 0.25) is 0 Å². The molecule has 13 heavy (non-hydrogen) atoms. The molecule has 0 bridgehead atoms. The standard InChI is InChI=1S/C9H14N3O/c1-6(2)5-12-7(3)4-8(11-12)9(10)13/h6H,5H2,1-3H3,(H2,10,13). The molecule has 0 saturated carbocycles. The predicted molar refractivity (Wildman–Crippen MR) is 49.2 cm³/mol. The molecule has 4 nitrogen and oxygen atoms in total. The Balaban J connectivity index is 2.90. The molecule has 0 aliphatic heterocycles. The third kappa shape index (κ3) is 2.31. The molecule has 0 spiro atoms. The van der Waals surface area contributed by atoms with Gasteiger partial charge >= 0.3 is 0 Å². The Hall–Kier alpha value is -1.32. The van der Waals surface area contributed by atoms with E-state index in [4.69, 9.17) is 5.73 Å². The van der Waals surface area contributed by atoms with Crippen molar-refractivity contribution in [1.82, 2.24) is 9.78 Å². The molecule has 1 aromatic heterocycles. The van der Waals surface area contributed by atoms with Crippen LogP contribution in [-0.4, -0.2) is 15.7 Å². The van der Waals surface area contributed by atoms with Crippen LogP contribution in [0.25, 0.3) is 0 Å². The van der Waals surface area contributed by atoms with Crippen LogP contribution >= 0.6 is 0 Å². The molecule has 2 N–H and O–H groups in total. The van der Waals surface area contributed by atoms with Crippen LogP contribution in [0.3, 0.4) is 0 Å². The SMILES string of the molecule is Cc1[c]c(C(N)=O)nn1CC(C)C.